The zero-order valence-electron chi connectivity index (χ0n) is 21.9. The van der Waals surface area contributed by atoms with Crippen LogP contribution >= 0.6 is 0 Å². The number of benzene rings is 1. The van der Waals surface area contributed by atoms with Crippen molar-refractivity contribution in [3.05, 3.63) is 64.5 Å². The minimum atomic E-state index is -4.45. The van der Waals surface area contributed by atoms with E-state index in [1.54, 1.807) is 17.0 Å². The van der Waals surface area contributed by atoms with Gasteiger partial charge in [-0.1, -0.05) is 24.6 Å². The lowest BCUT2D eigenvalue weighted by Gasteiger charge is -2.39. The fourth-order valence-corrected chi connectivity index (χ4v) is 7.93. The van der Waals surface area contributed by atoms with Crippen molar-refractivity contribution in [3.8, 4) is 0 Å². The van der Waals surface area contributed by atoms with E-state index in [0.29, 0.717) is 41.7 Å². The molecule has 0 spiro atoms. The van der Waals surface area contributed by atoms with Crippen molar-refractivity contribution in [2.75, 3.05) is 19.6 Å². The van der Waals surface area contributed by atoms with E-state index in [2.05, 4.69) is 9.88 Å². The maximum absolute atomic E-state index is 14.1. The fraction of sp³-hybridized carbons (Fsp3) is 0.567. The number of alkyl halides is 3. The third kappa shape index (κ3) is 4.72. The van der Waals surface area contributed by atoms with E-state index in [1.807, 2.05) is 12.1 Å². The molecule has 3 atom stereocenters. The fourth-order valence-electron chi connectivity index (χ4n) is 7.93. The molecule has 1 N–H and O–H groups in total. The average molecular weight is 542 g/mol. The SMILES string of the molecule is O=C(O)c1ccccc1C1CCN([C@@H]2C[C@H]3CCC[C@@]3(C(=O)N3CCc4ncc(C(F)(F)F)cc4C3)C2)CC1. The number of hydrogen-bond acceptors (Lipinski definition) is 4. The minimum absolute atomic E-state index is 0.112. The molecule has 1 aromatic heterocycles. The monoisotopic (exact) mass is 541 g/mol. The summed E-state index contributed by atoms with van der Waals surface area (Å²) in [4.78, 5) is 34.1. The summed E-state index contributed by atoms with van der Waals surface area (Å²) in [5, 5.41) is 9.60. The van der Waals surface area contributed by atoms with Gasteiger partial charge in [-0.05, 0) is 86.7 Å². The summed E-state index contributed by atoms with van der Waals surface area (Å²) >= 11 is 0. The molecule has 2 saturated carbocycles. The van der Waals surface area contributed by atoms with Gasteiger partial charge < -0.3 is 14.9 Å². The van der Waals surface area contributed by atoms with Gasteiger partial charge in [0, 0.05) is 37.4 Å². The number of rotatable bonds is 4. The summed E-state index contributed by atoms with van der Waals surface area (Å²) in [6.07, 6.45) is 3.38. The highest BCUT2D eigenvalue weighted by Gasteiger charge is 2.57. The highest BCUT2D eigenvalue weighted by molar-refractivity contribution is 5.89. The van der Waals surface area contributed by atoms with E-state index < -0.39 is 23.1 Å². The molecule has 208 valence electrons. The molecule has 3 heterocycles. The van der Waals surface area contributed by atoms with E-state index >= 15 is 0 Å². The Hall–Kier alpha value is -2.94. The average Bonchev–Trinajstić information content (AvgIpc) is 3.50. The standard InChI is InChI=1S/C30H34F3N3O3/c31-30(32,33)22-14-20-18-36(13-9-26(20)34-17-22)28(39)29-10-3-4-21(29)15-23(16-29)35-11-7-19(8-12-35)24-5-1-2-6-25(24)27(37)38/h1-2,5-6,14,17,19,21,23H,3-4,7-13,15-16,18H2,(H,37,38)/t21-,23-,29-/m1/s1. The van der Waals surface area contributed by atoms with Crippen molar-refractivity contribution in [2.45, 2.75) is 76.0 Å². The molecule has 6 rings (SSSR count). The molecule has 2 aromatic rings. The Labute approximate surface area is 226 Å². The number of nitrogens with zero attached hydrogens (tertiary/aromatic N) is 3. The van der Waals surface area contributed by atoms with Crippen LogP contribution in [0.3, 0.4) is 0 Å². The largest absolute Gasteiger partial charge is 0.478 e. The van der Waals surface area contributed by atoms with Gasteiger partial charge >= 0.3 is 12.1 Å². The Bertz CT molecular complexity index is 1270. The first-order valence-corrected chi connectivity index (χ1v) is 14.1. The lowest BCUT2D eigenvalue weighted by atomic mass is 9.78. The van der Waals surface area contributed by atoms with Crippen molar-refractivity contribution in [1.29, 1.82) is 0 Å². The number of aromatic nitrogens is 1. The Morgan fingerprint density at radius 1 is 1.08 bits per heavy atom. The number of carbonyl (C=O) groups is 2. The van der Waals surface area contributed by atoms with Crippen LogP contribution in [-0.4, -0.2) is 57.4 Å². The topological polar surface area (TPSA) is 73.7 Å². The number of aromatic carboxylic acids is 1. The molecule has 0 radical (unpaired) electrons. The number of amides is 1. The first-order chi connectivity index (χ1) is 18.7. The molecule has 6 nitrogen and oxygen atoms in total. The summed E-state index contributed by atoms with van der Waals surface area (Å²) in [6.45, 7) is 2.45. The van der Waals surface area contributed by atoms with E-state index in [-0.39, 0.29) is 18.4 Å². The van der Waals surface area contributed by atoms with Crippen LogP contribution in [0.1, 0.15) is 83.6 Å². The van der Waals surface area contributed by atoms with Crippen molar-refractivity contribution in [2.24, 2.45) is 11.3 Å². The number of halogens is 3. The van der Waals surface area contributed by atoms with Crippen LogP contribution in [0.5, 0.6) is 0 Å². The van der Waals surface area contributed by atoms with E-state index in [9.17, 15) is 27.9 Å². The van der Waals surface area contributed by atoms with Gasteiger partial charge in [0.2, 0.25) is 5.91 Å². The number of pyridine rings is 1. The lowest BCUT2D eigenvalue weighted by Crippen LogP contribution is -2.47. The third-order valence-corrected chi connectivity index (χ3v) is 9.87. The van der Waals surface area contributed by atoms with Gasteiger partial charge in [0.25, 0.3) is 0 Å². The lowest BCUT2D eigenvalue weighted by molar-refractivity contribution is -0.144. The van der Waals surface area contributed by atoms with Crippen LogP contribution < -0.4 is 0 Å². The zero-order valence-corrected chi connectivity index (χ0v) is 21.9. The zero-order chi connectivity index (χ0) is 27.4. The molecular weight excluding hydrogens is 507 g/mol. The van der Waals surface area contributed by atoms with Gasteiger partial charge in [0.05, 0.1) is 16.5 Å². The normalized spacial score (nSPS) is 27.8. The maximum Gasteiger partial charge on any atom is 0.417 e. The maximum atomic E-state index is 14.1. The van der Waals surface area contributed by atoms with Crippen LogP contribution in [0, 0.1) is 11.3 Å². The Kier molecular flexibility index (Phi) is 6.68. The summed E-state index contributed by atoms with van der Waals surface area (Å²) in [6, 6.07) is 8.75. The van der Waals surface area contributed by atoms with Gasteiger partial charge in [-0.2, -0.15) is 13.2 Å². The number of likely N-dealkylation sites (tertiary alicyclic amines) is 1. The quantitative estimate of drug-likeness (QED) is 0.553. The predicted octanol–water partition coefficient (Wildman–Crippen LogP) is 5.51. The van der Waals surface area contributed by atoms with Crippen LogP contribution in [0.2, 0.25) is 0 Å². The number of carboxylic acids is 1. The Morgan fingerprint density at radius 3 is 2.59 bits per heavy atom. The molecule has 0 bridgehead atoms. The van der Waals surface area contributed by atoms with Gasteiger partial charge in [0.1, 0.15) is 0 Å². The molecule has 3 fully saturated rings. The summed E-state index contributed by atoms with van der Waals surface area (Å²) in [7, 11) is 0. The van der Waals surface area contributed by atoms with Gasteiger partial charge in [-0.3, -0.25) is 9.78 Å². The molecule has 2 aliphatic carbocycles. The van der Waals surface area contributed by atoms with Gasteiger partial charge in [-0.25, -0.2) is 4.79 Å². The summed E-state index contributed by atoms with van der Waals surface area (Å²) in [5.41, 5.74) is 1.27. The van der Waals surface area contributed by atoms with Crippen LogP contribution in [0.4, 0.5) is 13.2 Å². The van der Waals surface area contributed by atoms with Crippen LogP contribution in [0.15, 0.2) is 36.5 Å². The van der Waals surface area contributed by atoms with Crippen molar-refractivity contribution in [3.63, 3.8) is 0 Å². The van der Waals surface area contributed by atoms with Gasteiger partial charge in [-0.15, -0.1) is 0 Å². The second-order valence-corrected chi connectivity index (χ2v) is 11.8. The van der Waals surface area contributed by atoms with Crippen molar-refractivity contribution >= 4 is 11.9 Å². The molecule has 9 heteroatoms. The number of fused-ring (bicyclic) bond motifs is 2. The highest BCUT2D eigenvalue weighted by atomic mass is 19.4. The Balaban J connectivity index is 1.14. The van der Waals surface area contributed by atoms with Gasteiger partial charge in [0.15, 0.2) is 0 Å². The van der Waals surface area contributed by atoms with Crippen molar-refractivity contribution < 1.29 is 27.9 Å². The highest BCUT2D eigenvalue weighted by Crippen LogP contribution is 2.57. The van der Waals surface area contributed by atoms with E-state index in [0.717, 1.165) is 75.9 Å². The van der Waals surface area contributed by atoms with Crippen LogP contribution in [0.25, 0.3) is 0 Å². The molecular formula is C30H34F3N3O3. The molecule has 1 amide bonds. The smallest absolute Gasteiger partial charge is 0.417 e. The molecule has 0 unspecified atom stereocenters. The number of hydrogen-bond donors (Lipinski definition) is 1. The molecule has 1 aromatic carbocycles. The third-order valence-electron chi connectivity index (χ3n) is 9.87. The molecule has 4 aliphatic rings. The van der Waals surface area contributed by atoms with E-state index in [1.165, 1.54) is 0 Å². The molecule has 1 saturated heterocycles. The second kappa shape index (κ2) is 9.91. The second-order valence-electron chi connectivity index (χ2n) is 11.8. The Morgan fingerprint density at radius 2 is 1.85 bits per heavy atom. The number of carbonyl (C=O) groups excluding carboxylic acids is 1. The van der Waals surface area contributed by atoms with E-state index in [4.69, 9.17) is 0 Å². The predicted molar refractivity (Wildman–Crippen MR) is 138 cm³/mol. The van der Waals surface area contributed by atoms with Crippen LogP contribution in [-0.2, 0) is 23.9 Å². The number of piperidine rings is 1. The minimum Gasteiger partial charge on any atom is -0.478 e. The first kappa shape index (κ1) is 26.3. The molecule has 39 heavy (non-hydrogen) atoms. The molecule has 2 aliphatic heterocycles. The van der Waals surface area contributed by atoms with Crippen molar-refractivity contribution in [1.82, 2.24) is 14.8 Å². The first-order valence-electron chi connectivity index (χ1n) is 14.1. The summed E-state index contributed by atoms with van der Waals surface area (Å²) in [5.74, 6) is -0.251. The number of carboxylic acid groups (broad SMARTS) is 1. The summed E-state index contributed by atoms with van der Waals surface area (Å²) < 4.78 is 39.8.